The van der Waals surface area contributed by atoms with E-state index in [2.05, 4.69) is 16.5 Å². The summed E-state index contributed by atoms with van der Waals surface area (Å²) in [6.45, 7) is 5.37. The molecule has 1 aromatic heterocycles. The zero-order valence-corrected chi connectivity index (χ0v) is 15.9. The van der Waals surface area contributed by atoms with E-state index in [1.54, 1.807) is 6.92 Å². The first kappa shape index (κ1) is 20.4. The molecule has 1 heterocycles. The first-order chi connectivity index (χ1) is 12.9. The normalized spacial score (nSPS) is 10.9. The summed E-state index contributed by atoms with van der Waals surface area (Å²) in [5.41, 5.74) is 0.511. The van der Waals surface area contributed by atoms with E-state index < -0.39 is 21.0 Å². The number of carbonyl (C=O) groups is 1. The minimum atomic E-state index is -3.80. The molecule has 0 aliphatic rings. The molecule has 1 aromatic carbocycles. The van der Waals surface area contributed by atoms with E-state index >= 15 is 0 Å². The number of carbonyl (C=O) groups excluding carboxylic acids is 1. The van der Waals surface area contributed by atoms with Gasteiger partial charge in [-0.3, -0.25) is 0 Å². The van der Waals surface area contributed by atoms with Crippen molar-refractivity contribution in [2.75, 3.05) is 19.5 Å². The van der Waals surface area contributed by atoms with Gasteiger partial charge in [0.1, 0.15) is 13.2 Å². The fourth-order valence-corrected chi connectivity index (χ4v) is 2.52. The van der Waals surface area contributed by atoms with Crippen LogP contribution in [0.2, 0.25) is 0 Å². The van der Waals surface area contributed by atoms with Gasteiger partial charge in [-0.25, -0.2) is 18.2 Å². The van der Waals surface area contributed by atoms with Gasteiger partial charge in [0.15, 0.2) is 5.69 Å². The molecule has 144 valence electrons. The van der Waals surface area contributed by atoms with Crippen molar-refractivity contribution in [2.24, 2.45) is 0 Å². The van der Waals surface area contributed by atoms with Crippen LogP contribution in [0.3, 0.4) is 0 Å². The molecule has 0 saturated carbocycles. The smallest absolute Gasteiger partial charge is 0.361 e. The van der Waals surface area contributed by atoms with E-state index in [0.717, 1.165) is 11.8 Å². The van der Waals surface area contributed by atoms with Crippen molar-refractivity contribution >= 4 is 15.8 Å². The van der Waals surface area contributed by atoms with E-state index in [-0.39, 0.29) is 37.1 Å². The van der Waals surface area contributed by atoms with Crippen molar-refractivity contribution in [1.29, 1.82) is 0 Å². The van der Waals surface area contributed by atoms with E-state index in [1.165, 1.54) is 6.08 Å². The second-order valence-electron chi connectivity index (χ2n) is 5.36. The quantitative estimate of drug-likeness (QED) is 0.363. The maximum atomic E-state index is 12.3. The maximum Gasteiger partial charge on any atom is 0.361 e. The second kappa shape index (κ2) is 9.13. The Morgan fingerprint density at radius 1 is 1.19 bits per heavy atom. The number of hydrogen-bond donors (Lipinski definition) is 0. The summed E-state index contributed by atoms with van der Waals surface area (Å²) < 4.78 is 39.9. The minimum absolute atomic E-state index is 0.0319. The predicted octanol–water partition coefficient (Wildman–Crippen LogP) is 2.20. The maximum absolute atomic E-state index is 12.3. The van der Waals surface area contributed by atoms with Gasteiger partial charge in [0.2, 0.25) is 15.6 Å². The van der Waals surface area contributed by atoms with Crippen LogP contribution in [0.4, 0.5) is 0 Å². The van der Waals surface area contributed by atoms with E-state index in [1.807, 2.05) is 30.3 Å². The number of nitrogens with zero attached hydrogens (tertiary/aromatic N) is 2. The highest BCUT2D eigenvalue weighted by atomic mass is 32.2. The SMILES string of the molecule is C=CCOc1nc(S(C)(=O)=O)nc(C(=O)OCC)c1OCc1ccccc1. The highest BCUT2D eigenvalue weighted by molar-refractivity contribution is 7.90. The number of sulfone groups is 1. The zero-order valence-electron chi connectivity index (χ0n) is 15.0. The number of ether oxygens (including phenoxy) is 3. The summed E-state index contributed by atoms with van der Waals surface area (Å²) in [5.74, 6) is -1.10. The van der Waals surface area contributed by atoms with Crippen LogP contribution < -0.4 is 9.47 Å². The van der Waals surface area contributed by atoms with Crippen molar-refractivity contribution in [1.82, 2.24) is 9.97 Å². The number of hydrogen-bond acceptors (Lipinski definition) is 8. The average molecular weight is 392 g/mol. The predicted molar refractivity (Wildman–Crippen MR) is 97.6 cm³/mol. The number of esters is 1. The molecule has 8 nitrogen and oxygen atoms in total. The molecule has 0 amide bonds. The van der Waals surface area contributed by atoms with Gasteiger partial charge < -0.3 is 14.2 Å². The largest absolute Gasteiger partial charge is 0.481 e. The summed E-state index contributed by atoms with van der Waals surface area (Å²) in [6.07, 6.45) is 2.38. The molecule has 0 saturated heterocycles. The van der Waals surface area contributed by atoms with Crippen molar-refractivity contribution in [2.45, 2.75) is 18.7 Å². The molecule has 0 N–H and O–H groups in total. The van der Waals surface area contributed by atoms with Gasteiger partial charge in [-0.15, -0.1) is 0 Å². The molecule has 0 unspecified atom stereocenters. The summed E-state index contributed by atoms with van der Waals surface area (Å²) in [4.78, 5) is 20.1. The third-order valence-electron chi connectivity index (χ3n) is 3.18. The van der Waals surface area contributed by atoms with Crippen LogP contribution in [0.5, 0.6) is 11.6 Å². The average Bonchev–Trinajstić information content (AvgIpc) is 2.64. The lowest BCUT2D eigenvalue weighted by atomic mass is 10.2. The minimum Gasteiger partial charge on any atom is -0.481 e. The molecular weight excluding hydrogens is 372 g/mol. The standard InChI is InChI=1S/C18H20N2O6S/c1-4-11-25-16-15(26-12-13-9-7-6-8-10-13)14(17(21)24-5-2)19-18(20-16)27(3,22)23/h4,6-10H,1,5,11-12H2,2-3H3. The van der Waals surface area contributed by atoms with E-state index in [0.29, 0.717) is 0 Å². The molecule has 9 heteroatoms. The summed E-state index contributed by atoms with van der Waals surface area (Å²) in [7, 11) is -3.80. The third kappa shape index (κ3) is 5.52. The molecule has 2 rings (SSSR count). The molecule has 0 spiro atoms. The van der Waals surface area contributed by atoms with Crippen molar-refractivity contribution in [3.8, 4) is 11.6 Å². The monoisotopic (exact) mass is 392 g/mol. The van der Waals surface area contributed by atoms with Gasteiger partial charge in [-0.2, -0.15) is 4.98 Å². The molecule has 0 bridgehead atoms. The van der Waals surface area contributed by atoms with Crippen molar-refractivity contribution in [3.63, 3.8) is 0 Å². The van der Waals surface area contributed by atoms with Crippen molar-refractivity contribution < 1.29 is 27.4 Å². The molecule has 0 aliphatic carbocycles. The van der Waals surface area contributed by atoms with Crippen LogP contribution in [0.15, 0.2) is 48.1 Å². The molecule has 0 aliphatic heterocycles. The number of aromatic nitrogens is 2. The van der Waals surface area contributed by atoms with E-state index in [4.69, 9.17) is 14.2 Å². The Kier molecular flexibility index (Phi) is 6.89. The molecular formula is C18H20N2O6S. The number of benzene rings is 1. The van der Waals surface area contributed by atoms with Crippen LogP contribution in [0.25, 0.3) is 0 Å². The van der Waals surface area contributed by atoms with Gasteiger partial charge in [0.25, 0.3) is 11.0 Å². The third-order valence-corrected chi connectivity index (χ3v) is 4.02. The Morgan fingerprint density at radius 2 is 1.89 bits per heavy atom. The Labute approximate surface area is 157 Å². The highest BCUT2D eigenvalue weighted by Gasteiger charge is 2.27. The highest BCUT2D eigenvalue weighted by Crippen LogP contribution is 2.31. The van der Waals surface area contributed by atoms with Crippen LogP contribution >= 0.6 is 0 Å². The fraction of sp³-hybridized carbons (Fsp3) is 0.278. The Balaban J connectivity index is 2.53. The number of rotatable bonds is 9. The lowest BCUT2D eigenvalue weighted by Crippen LogP contribution is -2.16. The van der Waals surface area contributed by atoms with Crippen LogP contribution in [0.1, 0.15) is 23.0 Å². The molecule has 0 fully saturated rings. The molecule has 0 atom stereocenters. The zero-order chi connectivity index (χ0) is 19.9. The second-order valence-corrected chi connectivity index (χ2v) is 7.27. The molecule has 0 radical (unpaired) electrons. The molecule has 2 aromatic rings. The van der Waals surface area contributed by atoms with Crippen LogP contribution in [-0.4, -0.2) is 43.8 Å². The van der Waals surface area contributed by atoms with Gasteiger partial charge in [0.05, 0.1) is 6.61 Å². The first-order valence-corrected chi connectivity index (χ1v) is 9.95. The van der Waals surface area contributed by atoms with Crippen LogP contribution in [0, 0.1) is 0 Å². The van der Waals surface area contributed by atoms with Gasteiger partial charge in [-0.05, 0) is 12.5 Å². The van der Waals surface area contributed by atoms with Crippen molar-refractivity contribution in [3.05, 3.63) is 54.2 Å². The Bertz CT molecular complexity index is 913. The lowest BCUT2D eigenvalue weighted by molar-refractivity contribution is 0.0510. The molecule has 27 heavy (non-hydrogen) atoms. The lowest BCUT2D eigenvalue weighted by Gasteiger charge is -2.15. The van der Waals surface area contributed by atoms with Gasteiger partial charge in [-0.1, -0.05) is 43.0 Å². The summed E-state index contributed by atoms with van der Waals surface area (Å²) in [6, 6.07) is 9.20. The van der Waals surface area contributed by atoms with Gasteiger partial charge >= 0.3 is 5.97 Å². The summed E-state index contributed by atoms with van der Waals surface area (Å²) in [5, 5.41) is -0.559. The fourth-order valence-electron chi connectivity index (χ4n) is 2.01. The first-order valence-electron chi connectivity index (χ1n) is 8.06. The Hall–Kier alpha value is -2.94. The summed E-state index contributed by atoms with van der Waals surface area (Å²) >= 11 is 0. The topological polar surface area (TPSA) is 105 Å². The Morgan fingerprint density at radius 3 is 2.48 bits per heavy atom. The van der Waals surface area contributed by atoms with Crippen LogP contribution in [-0.2, 0) is 21.2 Å². The van der Waals surface area contributed by atoms with E-state index in [9.17, 15) is 13.2 Å². The van der Waals surface area contributed by atoms with Gasteiger partial charge in [0, 0.05) is 6.26 Å².